The summed E-state index contributed by atoms with van der Waals surface area (Å²) in [6.07, 6.45) is 0.192. The zero-order valence-corrected chi connectivity index (χ0v) is 20.9. The van der Waals surface area contributed by atoms with Gasteiger partial charge in [-0.1, -0.05) is 48.0 Å². The second kappa shape index (κ2) is 10.8. The number of carboxylic acids is 1. The number of aromatic carboxylic acids is 1. The Balaban J connectivity index is 1.37. The Morgan fingerprint density at radius 2 is 1.77 bits per heavy atom. The van der Waals surface area contributed by atoms with Crippen LogP contribution in [0.3, 0.4) is 0 Å². The Morgan fingerprint density at radius 1 is 0.974 bits per heavy atom. The molecule has 0 saturated carbocycles. The van der Waals surface area contributed by atoms with Crippen molar-refractivity contribution in [3.05, 3.63) is 107 Å². The molecule has 0 aliphatic heterocycles. The zero-order valence-electron chi connectivity index (χ0n) is 20.2. The third kappa shape index (κ3) is 5.65. The molecule has 0 radical (unpaired) electrons. The van der Waals surface area contributed by atoms with Gasteiger partial charge in [0.1, 0.15) is 17.4 Å². The number of rotatable bonds is 8. The summed E-state index contributed by atoms with van der Waals surface area (Å²) in [5.74, 6) is -2.85. The van der Waals surface area contributed by atoms with Gasteiger partial charge in [-0.25, -0.2) is 9.18 Å². The summed E-state index contributed by atoms with van der Waals surface area (Å²) in [7, 11) is 0. The number of carboxylic acid groups (broad SMARTS) is 1. The molecule has 0 saturated heterocycles. The maximum Gasteiger partial charge on any atom is 0.352 e. The lowest BCUT2D eigenvalue weighted by Gasteiger charge is -2.18. The number of carbonyl (C=O) groups is 3. The number of amides is 2. The molecular formula is C28H21ClFN5O4. The quantitative estimate of drug-likeness (QED) is 0.186. The highest BCUT2D eigenvalue weighted by Crippen LogP contribution is 2.26. The van der Waals surface area contributed by atoms with Gasteiger partial charge in [-0.3, -0.25) is 14.7 Å². The van der Waals surface area contributed by atoms with Crippen molar-refractivity contribution in [3.8, 4) is 11.3 Å². The molecule has 1 atom stereocenters. The summed E-state index contributed by atoms with van der Waals surface area (Å²) < 4.78 is 14.4. The molecule has 196 valence electrons. The van der Waals surface area contributed by atoms with Crippen molar-refractivity contribution in [2.75, 3.05) is 5.32 Å². The Kier molecular flexibility index (Phi) is 7.11. The molecule has 5 rings (SSSR count). The number of hydrogen-bond donors (Lipinski definition) is 5. The number of benzene rings is 3. The van der Waals surface area contributed by atoms with Gasteiger partial charge in [0.05, 0.1) is 10.7 Å². The molecule has 0 fully saturated rings. The van der Waals surface area contributed by atoms with E-state index in [-0.39, 0.29) is 34.1 Å². The van der Waals surface area contributed by atoms with Crippen LogP contribution in [0.15, 0.2) is 78.9 Å². The lowest BCUT2D eigenvalue weighted by molar-refractivity contribution is -0.118. The Labute approximate surface area is 226 Å². The zero-order chi connectivity index (χ0) is 27.5. The van der Waals surface area contributed by atoms with Crippen molar-refractivity contribution in [2.45, 2.75) is 12.5 Å². The highest BCUT2D eigenvalue weighted by atomic mass is 35.5. The van der Waals surface area contributed by atoms with Gasteiger partial charge in [0.2, 0.25) is 5.91 Å². The molecule has 11 heteroatoms. The number of fused-ring (bicyclic) bond motifs is 1. The molecule has 2 heterocycles. The molecule has 39 heavy (non-hydrogen) atoms. The third-order valence-electron chi connectivity index (χ3n) is 6.07. The predicted octanol–water partition coefficient (Wildman–Crippen LogP) is 5.03. The number of nitrogens with zero attached hydrogens (tertiary/aromatic N) is 1. The van der Waals surface area contributed by atoms with Crippen molar-refractivity contribution >= 4 is 46.0 Å². The first-order valence-corrected chi connectivity index (χ1v) is 12.2. The lowest BCUT2D eigenvalue weighted by Crippen LogP contribution is -2.45. The van der Waals surface area contributed by atoms with E-state index in [0.29, 0.717) is 16.6 Å². The molecule has 5 N–H and O–H groups in total. The number of nitrogens with one attached hydrogen (secondary N) is 4. The van der Waals surface area contributed by atoms with Crippen LogP contribution in [-0.2, 0) is 11.2 Å². The van der Waals surface area contributed by atoms with E-state index in [2.05, 4.69) is 25.8 Å². The van der Waals surface area contributed by atoms with E-state index in [4.69, 9.17) is 11.6 Å². The van der Waals surface area contributed by atoms with E-state index in [9.17, 15) is 23.9 Å². The average molecular weight is 546 g/mol. The third-order valence-corrected chi connectivity index (χ3v) is 6.37. The first kappa shape index (κ1) is 25.7. The molecule has 9 nitrogen and oxygen atoms in total. The molecule has 0 aliphatic carbocycles. The first-order chi connectivity index (χ1) is 18.8. The van der Waals surface area contributed by atoms with E-state index in [1.807, 2.05) is 30.3 Å². The summed E-state index contributed by atoms with van der Waals surface area (Å²) in [6, 6.07) is 20.4. The largest absolute Gasteiger partial charge is 0.477 e. The van der Waals surface area contributed by atoms with Gasteiger partial charge in [0, 0.05) is 28.6 Å². The average Bonchev–Trinajstić information content (AvgIpc) is 3.58. The van der Waals surface area contributed by atoms with Gasteiger partial charge in [-0.05, 0) is 48.0 Å². The van der Waals surface area contributed by atoms with Crippen molar-refractivity contribution < 1.29 is 23.9 Å². The van der Waals surface area contributed by atoms with Gasteiger partial charge in [0.25, 0.3) is 5.91 Å². The summed E-state index contributed by atoms with van der Waals surface area (Å²) in [6.45, 7) is 0. The molecule has 0 aliphatic rings. The summed E-state index contributed by atoms with van der Waals surface area (Å²) in [4.78, 5) is 40.5. The van der Waals surface area contributed by atoms with Crippen LogP contribution in [0.4, 0.5) is 10.1 Å². The molecule has 3 aromatic carbocycles. The number of hydrogen-bond acceptors (Lipinski definition) is 4. The second-order valence-electron chi connectivity index (χ2n) is 8.76. The van der Waals surface area contributed by atoms with Crippen LogP contribution in [0.2, 0.25) is 5.02 Å². The Bertz CT molecular complexity index is 1700. The standard InChI is InChI=1S/C28H21ClFN5O4/c29-19-8-4-7-18(25(19)30)21-14-23(35-34-21)27(37)33-22(11-15-5-2-1-3-6-15)26(36)31-17-9-10-20-16(12-17)13-24(32-20)28(38)39/h1-10,12-14,22,32H,11H2,(H,31,36)(H,33,37)(H,34,35)(H,38,39). The van der Waals surface area contributed by atoms with Crippen molar-refractivity contribution in [1.29, 1.82) is 0 Å². The minimum atomic E-state index is -1.09. The molecule has 0 spiro atoms. The minimum absolute atomic E-state index is 0.0271. The molecule has 1 unspecified atom stereocenters. The van der Waals surface area contributed by atoms with Gasteiger partial charge in [0.15, 0.2) is 5.82 Å². The lowest BCUT2D eigenvalue weighted by atomic mass is 10.0. The molecular weight excluding hydrogens is 525 g/mol. The summed E-state index contributed by atoms with van der Waals surface area (Å²) in [5, 5.41) is 21.9. The fourth-order valence-electron chi connectivity index (χ4n) is 4.13. The number of halogens is 2. The topological polar surface area (TPSA) is 140 Å². The first-order valence-electron chi connectivity index (χ1n) is 11.8. The molecule has 2 aromatic heterocycles. The molecule has 0 bridgehead atoms. The van der Waals surface area contributed by atoms with Gasteiger partial charge in [-0.2, -0.15) is 5.10 Å². The summed E-state index contributed by atoms with van der Waals surface area (Å²) >= 11 is 5.86. The highest BCUT2D eigenvalue weighted by Gasteiger charge is 2.24. The van der Waals surface area contributed by atoms with E-state index in [1.54, 1.807) is 24.3 Å². The fraction of sp³-hybridized carbons (Fsp3) is 0.0714. The maximum absolute atomic E-state index is 14.4. The van der Waals surface area contributed by atoms with Crippen LogP contribution < -0.4 is 10.6 Å². The van der Waals surface area contributed by atoms with Crippen LogP contribution in [0, 0.1) is 5.82 Å². The minimum Gasteiger partial charge on any atom is -0.477 e. The normalized spacial score (nSPS) is 11.7. The number of carbonyl (C=O) groups excluding carboxylic acids is 2. The number of aromatic amines is 2. The van der Waals surface area contributed by atoms with Crippen LogP contribution in [0.1, 0.15) is 26.5 Å². The van der Waals surface area contributed by atoms with Crippen LogP contribution >= 0.6 is 11.6 Å². The second-order valence-corrected chi connectivity index (χ2v) is 9.17. The van der Waals surface area contributed by atoms with E-state index in [1.165, 1.54) is 24.3 Å². The smallest absolute Gasteiger partial charge is 0.352 e. The van der Waals surface area contributed by atoms with E-state index < -0.39 is 29.6 Å². The van der Waals surface area contributed by atoms with Crippen LogP contribution in [0.25, 0.3) is 22.2 Å². The van der Waals surface area contributed by atoms with E-state index in [0.717, 1.165) is 5.56 Å². The predicted molar refractivity (Wildman–Crippen MR) is 144 cm³/mol. The Hall–Kier alpha value is -4.96. The van der Waals surface area contributed by atoms with Gasteiger partial charge >= 0.3 is 5.97 Å². The number of anilines is 1. The van der Waals surface area contributed by atoms with Gasteiger partial charge < -0.3 is 20.7 Å². The molecule has 5 aromatic rings. The Morgan fingerprint density at radius 3 is 2.54 bits per heavy atom. The number of aromatic nitrogens is 3. The van der Waals surface area contributed by atoms with Crippen molar-refractivity contribution in [1.82, 2.24) is 20.5 Å². The van der Waals surface area contributed by atoms with E-state index >= 15 is 0 Å². The molecule has 2 amide bonds. The fourth-order valence-corrected chi connectivity index (χ4v) is 4.30. The number of H-pyrrole nitrogens is 2. The van der Waals surface area contributed by atoms with Crippen LogP contribution in [-0.4, -0.2) is 44.1 Å². The van der Waals surface area contributed by atoms with Crippen molar-refractivity contribution in [2.24, 2.45) is 0 Å². The summed E-state index contributed by atoms with van der Waals surface area (Å²) in [5.41, 5.74) is 2.22. The SMILES string of the molecule is O=C(O)c1cc2cc(NC(=O)C(Cc3ccccc3)NC(=O)c3cc(-c4cccc(Cl)c4F)n[nH]3)ccc2[nH]1. The van der Waals surface area contributed by atoms with Crippen LogP contribution in [0.5, 0.6) is 0 Å². The van der Waals surface area contributed by atoms with Crippen molar-refractivity contribution in [3.63, 3.8) is 0 Å². The maximum atomic E-state index is 14.4. The highest BCUT2D eigenvalue weighted by molar-refractivity contribution is 6.31. The monoisotopic (exact) mass is 545 g/mol. The van der Waals surface area contributed by atoms with Gasteiger partial charge in [-0.15, -0.1) is 0 Å².